The number of aromatic amines is 1. The molecule has 0 aliphatic carbocycles. The number of anilines is 1. The first-order valence-corrected chi connectivity index (χ1v) is 9.21. The first kappa shape index (κ1) is 17.9. The zero-order valence-corrected chi connectivity index (χ0v) is 15.8. The van der Waals surface area contributed by atoms with Gasteiger partial charge < -0.3 is 10.3 Å². The molecule has 0 unspecified atom stereocenters. The Kier molecular flexibility index (Phi) is 4.65. The molecule has 0 atom stereocenters. The molecule has 0 spiro atoms. The molecule has 4 rings (SSSR count). The standard InChI is InChI=1S/C21H21N5O2/c1-13-7-8-14(2)18(11-13)26-20(27)10-9-17(25-26)21(28)22-12-19-23-15-5-3-4-6-16(15)24-19/h3-8,11H,9-10,12H2,1-2H3,(H,22,28)(H,23,24). The third-order valence-electron chi connectivity index (χ3n) is 4.74. The van der Waals surface area contributed by atoms with Gasteiger partial charge in [0.2, 0.25) is 5.91 Å². The van der Waals surface area contributed by atoms with E-state index >= 15 is 0 Å². The second-order valence-corrected chi connectivity index (χ2v) is 6.93. The Morgan fingerprint density at radius 3 is 2.82 bits per heavy atom. The van der Waals surface area contributed by atoms with Gasteiger partial charge in [0.25, 0.3) is 5.91 Å². The Balaban J connectivity index is 1.51. The molecule has 0 saturated carbocycles. The molecule has 2 aromatic carbocycles. The van der Waals surface area contributed by atoms with E-state index in [1.807, 2.05) is 56.3 Å². The third kappa shape index (κ3) is 3.51. The van der Waals surface area contributed by atoms with Crippen LogP contribution >= 0.6 is 0 Å². The van der Waals surface area contributed by atoms with Gasteiger partial charge in [0.05, 0.1) is 23.3 Å². The third-order valence-corrected chi connectivity index (χ3v) is 4.74. The number of fused-ring (bicyclic) bond motifs is 1. The summed E-state index contributed by atoms with van der Waals surface area (Å²) in [6.45, 7) is 4.15. The number of aromatic nitrogens is 2. The summed E-state index contributed by atoms with van der Waals surface area (Å²) in [5.41, 5.74) is 4.81. The van der Waals surface area contributed by atoms with Gasteiger partial charge in [-0.05, 0) is 43.2 Å². The summed E-state index contributed by atoms with van der Waals surface area (Å²) in [4.78, 5) is 32.6. The van der Waals surface area contributed by atoms with Crippen molar-refractivity contribution in [3.05, 3.63) is 59.4 Å². The van der Waals surface area contributed by atoms with Crippen LogP contribution in [0.25, 0.3) is 11.0 Å². The highest BCUT2D eigenvalue weighted by molar-refractivity contribution is 6.40. The molecule has 7 nitrogen and oxygen atoms in total. The Morgan fingerprint density at radius 2 is 2.00 bits per heavy atom. The smallest absolute Gasteiger partial charge is 0.267 e. The zero-order valence-electron chi connectivity index (χ0n) is 15.8. The fourth-order valence-corrected chi connectivity index (χ4v) is 3.21. The largest absolute Gasteiger partial charge is 0.344 e. The minimum absolute atomic E-state index is 0.109. The maximum absolute atomic E-state index is 12.6. The van der Waals surface area contributed by atoms with Crippen LogP contribution < -0.4 is 10.3 Å². The molecule has 1 aromatic heterocycles. The Bertz CT molecular complexity index is 1070. The SMILES string of the molecule is Cc1ccc(C)c(N2N=C(C(=O)NCc3nc4ccccc4[nH]3)CCC2=O)c1. The Hall–Kier alpha value is -3.48. The van der Waals surface area contributed by atoms with E-state index in [9.17, 15) is 9.59 Å². The maximum Gasteiger partial charge on any atom is 0.267 e. The lowest BCUT2D eigenvalue weighted by atomic mass is 10.1. The van der Waals surface area contributed by atoms with E-state index in [0.29, 0.717) is 23.6 Å². The van der Waals surface area contributed by atoms with Crippen molar-refractivity contribution in [1.29, 1.82) is 0 Å². The van der Waals surface area contributed by atoms with Crippen molar-refractivity contribution < 1.29 is 9.59 Å². The molecule has 7 heteroatoms. The van der Waals surface area contributed by atoms with Crippen LogP contribution in [0.4, 0.5) is 5.69 Å². The predicted molar refractivity (Wildman–Crippen MR) is 108 cm³/mol. The van der Waals surface area contributed by atoms with E-state index in [4.69, 9.17) is 0 Å². The van der Waals surface area contributed by atoms with Gasteiger partial charge in [-0.2, -0.15) is 5.10 Å². The predicted octanol–water partition coefficient (Wildman–Crippen LogP) is 2.98. The van der Waals surface area contributed by atoms with Crippen molar-refractivity contribution in [1.82, 2.24) is 15.3 Å². The number of carbonyl (C=O) groups excluding carboxylic acids is 2. The molecular weight excluding hydrogens is 354 g/mol. The monoisotopic (exact) mass is 375 g/mol. The number of amides is 2. The van der Waals surface area contributed by atoms with Crippen LogP contribution in [-0.4, -0.2) is 27.5 Å². The number of nitrogens with one attached hydrogen (secondary N) is 2. The summed E-state index contributed by atoms with van der Waals surface area (Å²) < 4.78 is 0. The first-order valence-electron chi connectivity index (χ1n) is 9.21. The summed E-state index contributed by atoms with van der Waals surface area (Å²) in [7, 11) is 0. The Labute approximate surface area is 162 Å². The summed E-state index contributed by atoms with van der Waals surface area (Å²) in [5, 5.41) is 8.54. The van der Waals surface area contributed by atoms with Crippen molar-refractivity contribution in [3.63, 3.8) is 0 Å². The van der Waals surface area contributed by atoms with Crippen LogP contribution in [0.3, 0.4) is 0 Å². The molecule has 1 aliphatic heterocycles. The molecule has 0 saturated heterocycles. The number of imidazole rings is 1. The quantitative estimate of drug-likeness (QED) is 0.734. The maximum atomic E-state index is 12.6. The van der Waals surface area contributed by atoms with E-state index in [2.05, 4.69) is 20.4 Å². The van der Waals surface area contributed by atoms with E-state index in [1.54, 1.807) is 0 Å². The average molecular weight is 375 g/mol. The highest BCUT2D eigenvalue weighted by atomic mass is 16.2. The van der Waals surface area contributed by atoms with Crippen LogP contribution in [0.15, 0.2) is 47.6 Å². The van der Waals surface area contributed by atoms with Gasteiger partial charge in [-0.1, -0.05) is 24.3 Å². The van der Waals surface area contributed by atoms with E-state index in [1.165, 1.54) is 5.01 Å². The van der Waals surface area contributed by atoms with Crippen molar-refractivity contribution in [3.8, 4) is 0 Å². The molecule has 142 valence electrons. The number of nitrogens with zero attached hydrogens (tertiary/aromatic N) is 3. The lowest BCUT2D eigenvalue weighted by Crippen LogP contribution is -2.39. The van der Waals surface area contributed by atoms with Crippen molar-refractivity contribution in [2.75, 3.05) is 5.01 Å². The van der Waals surface area contributed by atoms with Crippen LogP contribution in [0, 0.1) is 13.8 Å². The van der Waals surface area contributed by atoms with Gasteiger partial charge in [-0.25, -0.2) is 9.99 Å². The average Bonchev–Trinajstić information content (AvgIpc) is 3.11. The lowest BCUT2D eigenvalue weighted by Gasteiger charge is -2.24. The molecule has 3 aromatic rings. The Morgan fingerprint density at radius 1 is 1.18 bits per heavy atom. The van der Waals surface area contributed by atoms with E-state index in [0.717, 1.165) is 22.2 Å². The normalized spacial score (nSPS) is 14.3. The number of H-pyrrole nitrogens is 1. The van der Waals surface area contributed by atoms with Gasteiger partial charge in [-0.3, -0.25) is 9.59 Å². The number of carbonyl (C=O) groups is 2. The fraction of sp³-hybridized carbons (Fsp3) is 0.238. The lowest BCUT2D eigenvalue weighted by molar-refractivity contribution is -0.119. The highest BCUT2D eigenvalue weighted by Crippen LogP contribution is 2.25. The summed E-state index contributed by atoms with van der Waals surface area (Å²) in [6, 6.07) is 13.5. The van der Waals surface area contributed by atoms with Gasteiger partial charge in [-0.15, -0.1) is 0 Å². The fourth-order valence-electron chi connectivity index (χ4n) is 3.21. The van der Waals surface area contributed by atoms with E-state index in [-0.39, 0.29) is 24.8 Å². The molecule has 2 heterocycles. The molecule has 28 heavy (non-hydrogen) atoms. The first-order chi connectivity index (χ1) is 13.5. The summed E-state index contributed by atoms with van der Waals surface area (Å²) in [6.07, 6.45) is 0.580. The number of hydrogen-bond acceptors (Lipinski definition) is 4. The number of rotatable bonds is 4. The van der Waals surface area contributed by atoms with Crippen LogP contribution in [-0.2, 0) is 16.1 Å². The van der Waals surface area contributed by atoms with Crippen LogP contribution in [0.5, 0.6) is 0 Å². The minimum Gasteiger partial charge on any atom is -0.344 e. The van der Waals surface area contributed by atoms with Gasteiger partial charge in [0, 0.05) is 12.8 Å². The molecular formula is C21H21N5O2. The molecule has 0 bridgehead atoms. The zero-order chi connectivity index (χ0) is 19.7. The topological polar surface area (TPSA) is 90.4 Å². The molecule has 0 radical (unpaired) electrons. The molecule has 2 N–H and O–H groups in total. The number of benzene rings is 2. The molecule has 1 aliphatic rings. The number of hydrazone groups is 1. The molecule has 2 amide bonds. The van der Waals surface area contributed by atoms with Gasteiger partial charge in [0.15, 0.2) is 0 Å². The van der Waals surface area contributed by atoms with E-state index < -0.39 is 0 Å². The number of para-hydroxylation sites is 2. The van der Waals surface area contributed by atoms with Crippen molar-refractivity contribution in [2.45, 2.75) is 33.2 Å². The van der Waals surface area contributed by atoms with Crippen LogP contribution in [0.1, 0.15) is 29.8 Å². The van der Waals surface area contributed by atoms with Gasteiger partial charge >= 0.3 is 0 Å². The second-order valence-electron chi connectivity index (χ2n) is 6.93. The van der Waals surface area contributed by atoms with Crippen molar-refractivity contribution >= 4 is 34.2 Å². The molecule has 0 fully saturated rings. The minimum atomic E-state index is -0.289. The number of hydrogen-bond donors (Lipinski definition) is 2. The number of aryl methyl sites for hydroxylation is 2. The van der Waals surface area contributed by atoms with Crippen molar-refractivity contribution in [2.24, 2.45) is 5.10 Å². The highest BCUT2D eigenvalue weighted by Gasteiger charge is 2.26. The summed E-state index contributed by atoms with van der Waals surface area (Å²) >= 11 is 0. The van der Waals surface area contributed by atoms with Crippen LogP contribution in [0.2, 0.25) is 0 Å². The summed E-state index contributed by atoms with van der Waals surface area (Å²) in [5.74, 6) is 0.277. The second kappa shape index (κ2) is 7.26. The van der Waals surface area contributed by atoms with Gasteiger partial charge in [0.1, 0.15) is 11.5 Å².